The number of terminal acetylenes is 1. The molecule has 2 aromatic carbocycles. The average Bonchev–Trinajstić information content (AvgIpc) is 3.18. The molecule has 1 heterocycles. The van der Waals surface area contributed by atoms with Gasteiger partial charge in [-0.1, -0.05) is 40.3 Å². The Labute approximate surface area is 211 Å². The van der Waals surface area contributed by atoms with Crippen molar-refractivity contribution < 1.29 is 26.4 Å². The molecule has 0 saturated carbocycles. The molecule has 0 aromatic heterocycles. The SMILES string of the molecule is C#CCNS(=O)(=O)CSc1ccc(C2=NO[C@@](c3cc(Cl)cc(Cl)c3)(C(F)(F)F)C2)cc1Br. The molecule has 1 N–H and O–H groups in total. The van der Waals surface area contributed by atoms with Crippen LogP contribution in [0.2, 0.25) is 10.0 Å². The van der Waals surface area contributed by atoms with Crippen LogP contribution in [0.3, 0.4) is 0 Å². The number of hydrogen-bond donors (Lipinski definition) is 1. The molecule has 0 radical (unpaired) electrons. The van der Waals surface area contributed by atoms with Gasteiger partial charge in [0.15, 0.2) is 0 Å². The summed E-state index contributed by atoms with van der Waals surface area (Å²) in [4.78, 5) is 5.55. The number of hydrogen-bond acceptors (Lipinski definition) is 5. The zero-order chi connectivity index (χ0) is 24.4. The first-order valence-electron chi connectivity index (χ1n) is 8.99. The molecule has 1 atom stereocenters. The lowest BCUT2D eigenvalue weighted by atomic mass is 9.86. The molecule has 5 nitrogen and oxygen atoms in total. The topological polar surface area (TPSA) is 67.8 Å². The van der Waals surface area contributed by atoms with Crippen molar-refractivity contribution in [1.29, 1.82) is 0 Å². The first kappa shape index (κ1) is 26.2. The number of thioether (sulfide) groups is 1. The van der Waals surface area contributed by atoms with Crippen molar-refractivity contribution in [3.8, 4) is 12.3 Å². The maximum atomic E-state index is 14.1. The van der Waals surface area contributed by atoms with Crippen LogP contribution in [0.1, 0.15) is 17.5 Å². The van der Waals surface area contributed by atoms with E-state index >= 15 is 0 Å². The summed E-state index contributed by atoms with van der Waals surface area (Å²) in [5.41, 5.74) is -2.57. The van der Waals surface area contributed by atoms with E-state index in [1.165, 1.54) is 12.1 Å². The molecule has 0 saturated heterocycles. The molecule has 176 valence electrons. The van der Waals surface area contributed by atoms with Gasteiger partial charge in [0.05, 0.1) is 12.3 Å². The minimum absolute atomic E-state index is 0.0361. The highest BCUT2D eigenvalue weighted by atomic mass is 79.9. The van der Waals surface area contributed by atoms with Gasteiger partial charge in [0.2, 0.25) is 10.0 Å². The van der Waals surface area contributed by atoms with E-state index in [9.17, 15) is 21.6 Å². The zero-order valence-electron chi connectivity index (χ0n) is 16.4. The van der Waals surface area contributed by atoms with Gasteiger partial charge in [-0.15, -0.1) is 18.2 Å². The lowest BCUT2D eigenvalue weighted by molar-refractivity contribution is -0.275. The van der Waals surface area contributed by atoms with E-state index in [4.69, 9.17) is 34.5 Å². The van der Waals surface area contributed by atoms with Crippen LogP contribution in [0.4, 0.5) is 13.2 Å². The monoisotopic (exact) mass is 600 g/mol. The van der Waals surface area contributed by atoms with Crippen LogP contribution in [0.15, 0.2) is 50.9 Å². The Morgan fingerprint density at radius 1 is 1.24 bits per heavy atom. The fourth-order valence-corrected chi connectivity index (χ4v) is 6.35. The van der Waals surface area contributed by atoms with Gasteiger partial charge < -0.3 is 4.84 Å². The highest BCUT2D eigenvalue weighted by Crippen LogP contribution is 2.50. The first-order chi connectivity index (χ1) is 15.4. The summed E-state index contributed by atoms with van der Waals surface area (Å²) >= 11 is 16.2. The summed E-state index contributed by atoms with van der Waals surface area (Å²) in [6.07, 6.45) is -0.362. The Morgan fingerprint density at radius 2 is 1.91 bits per heavy atom. The zero-order valence-corrected chi connectivity index (χ0v) is 21.1. The summed E-state index contributed by atoms with van der Waals surface area (Å²) in [5.74, 6) is 2.18. The molecule has 33 heavy (non-hydrogen) atoms. The molecule has 0 spiro atoms. The molecule has 3 rings (SSSR count). The Hall–Kier alpha value is -1.42. The van der Waals surface area contributed by atoms with E-state index in [1.807, 2.05) is 0 Å². The van der Waals surface area contributed by atoms with Crippen LogP contribution in [0.25, 0.3) is 0 Å². The van der Waals surface area contributed by atoms with Gasteiger partial charge in [0.25, 0.3) is 5.60 Å². The van der Waals surface area contributed by atoms with Crippen LogP contribution in [-0.4, -0.2) is 31.9 Å². The van der Waals surface area contributed by atoms with Crippen LogP contribution < -0.4 is 4.72 Å². The minimum atomic E-state index is -4.81. The van der Waals surface area contributed by atoms with E-state index in [1.54, 1.807) is 12.1 Å². The van der Waals surface area contributed by atoms with Gasteiger partial charge in [-0.25, -0.2) is 13.1 Å². The second kappa shape index (κ2) is 10.1. The smallest absolute Gasteiger partial charge is 0.374 e. The second-order valence-electron chi connectivity index (χ2n) is 6.84. The Kier molecular flexibility index (Phi) is 7.98. The summed E-state index contributed by atoms with van der Waals surface area (Å²) in [7, 11) is -3.59. The number of oxime groups is 1. The molecule has 0 unspecified atom stereocenters. The Morgan fingerprint density at radius 3 is 2.48 bits per heavy atom. The second-order valence-corrected chi connectivity index (χ2v) is 11.8. The van der Waals surface area contributed by atoms with Crippen molar-refractivity contribution in [3.05, 3.63) is 62.0 Å². The summed E-state index contributed by atoms with van der Waals surface area (Å²) in [5, 5.41) is 3.49. The molecule has 13 heteroatoms. The summed E-state index contributed by atoms with van der Waals surface area (Å²) in [6, 6.07) is 8.27. The van der Waals surface area contributed by atoms with Gasteiger partial charge in [-0.3, -0.25) is 0 Å². The average molecular weight is 602 g/mol. The standard InChI is InChI=1S/C20H14BrCl2F3N2O3S2/c1-2-5-27-33(29,30)11-32-18-4-3-12(6-16(18)21)17-10-19(31-28-17,20(24,25)26)13-7-14(22)9-15(23)8-13/h1,3-4,6-9,27H,5,10-11H2/t19-/m0/s1. The van der Waals surface area contributed by atoms with Gasteiger partial charge in [0.1, 0.15) is 5.08 Å². The van der Waals surface area contributed by atoms with Crippen LogP contribution in [0.5, 0.6) is 0 Å². The molecule has 0 aliphatic carbocycles. The third-order valence-electron chi connectivity index (χ3n) is 4.54. The van der Waals surface area contributed by atoms with Crippen LogP contribution in [0, 0.1) is 12.3 Å². The number of sulfonamides is 1. The van der Waals surface area contributed by atoms with Crippen molar-refractivity contribution in [1.82, 2.24) is 4.72 Å². The Bertz CT molecular complexity index is 1230. The largest absolute Gasteiger partial charge is 0.435 e. The van der Waals surface area contributed by atoms with Gasteiger partial charge in [0, 0.05) is 37.0 Å². The molecule has 0 amide bonds. The number of halogens is 6. The van der Waals surface area contributed by atoms with Crippen molar-refractivity contribution in [2.45, 2.75) is 23.1 Å². The fraction of sp³-hybridized carbons (Fsp3) is 0.250. The van der Waals surface area contributed by atoms with E-state index in [-0.39, 0.29) is 33.0 Å². The van der Waals surface area contributed by atoms with E-state index < -0.39 is 28.2 Å². The highest BCUT2D eigenvalue weighted by molar-refractivity contribution is 9.10. The number of alkyl halides is 3. The molecule has 1 aliphatic rings. The number of benzene rings is 2. The van der Waals surface area contributed by atoms with Crippen molar-refractivity contribution in [3.63, 3.8) is 0 Å². The maximum Gasteiger partial charge on any atom is 0.435 e. The normalized spacial score (nSPS) is 18.5. The van der Waals surface area contributed by atoms with Crippen LogP contribution in [-0.2, 0) is 20.5 Å². The number of nitrogens with zero attached hydrogens (tertiary/aromatic N) is 1. The lowest BCUT2D eigenvalue weighted by Gasteiger charge is -2.29. The number of nitrogens with one attached hydrogen (secondary N) is 1. The van der Waals surface area contributed by atoms with E-state index in [0.717, 1.165) is 23.9 Å². The van der Waals surface area contributed by atoms with Gasteiger partial charge >= 0.3 is 6.18 Å². The molecule has 2 aromatic rings. The molecule has 0 bridgehead atoms. The maximum absolute atomic E-state index is 14.1. The molecule has 1 aliphatic heterocycles. The molecular weight excluding hydrogens is 588 g/mol. The number of rotatable bonds is 7. The van der Waals surface area contributed by atoms with E-state index in [2.05, 4.69) is 31.7 Å². The minimum Gasteiger partial charge on any atom is -0.374 e. The summed E-state index contributed by atoms with van der Waals surface area (Å²) < 4.78 is 68.9. The van der Waals surface area contributed by atoms with Gasteiger partial charge in [-0.05, 0) is 46.3 Å². The molecule has 0 fully saturated rings. The van der Waals surface area contributed by atoms with E-state index in [0.29, 0.717) is 14.9 Å². The summed E-state index contributed by atoms with van der Waals surface area (Å²) in [6.45, 7) is -0.123. The van der Waals surface area contributed by atoms with Crippen molar-refractivity contribution in [2.24, 2.45) is 5.16 Å². The Balaban J connectivity index is 1.83. The lowest BCUT2D eigenvalue weighted by Crippen LogP contribution is -2.42. The predicted molar refractivity (Wildman–Crippen MR) is 127 cm³/mol. The first-order valence-corrected chi connectivity index (χ1v) is 13.2. The van der Waals surface area contributed by atoms with Crippen LogP contribution >= 0.6 is 50.9 Å². The fourth-order valence-electron chi connectivity index (χ4n) is 2.98. The van der Waals surface area contributed by atoms with Gasteiger partial charge in [-0.2, -0.15) is 13.2 Å². The van der Waals surface area contributed by atoms with Crippen molar-refractivity contribution in [2.75, 3.05) is 11.6 Å². The third-order valence-corrected chi connectivity index (χ3v) is 8.86. The van der Waals surface area contributed by atoms with Crippen molar-refractivity contribution >= 4 is 66.6 Å². The predicted octanol–water partition coefficient (Wildman–Crippen LogP) is 5.94. The quantitative estimate of drug-likeness (QED) is 0.315. The molecular formula is C20H14BrCl2F3N2O3S2. The third kappa shape index (κ3) is 5.99. The highest BCUT2D eigenvalue weighted by Gasteiger charge is 2.62.